The highest BCUT2D eigenvalue weighted by Gasteiger charge is 2.22. The molecule has 0 aliphatic heterocycles. The van der Waals surface area contributed by atoms with Crippen LogP contribution in [0, 0.1) is 5.41 Å². The van der Waals surface area contributed by atoms with E-state index in [0.717, 1.165) is 31.4 Å². The standard InChI is InChI=1S/C15H24O2.C6H6O3S/c1-5-6-7-8-14(16)17-13-9-12(2)10-15(3,4)11-13;7-10(8,9)6-4-2-1-3-5-6/h9,11H,5-8,10H2,1-4H3;1-5H,(H,7,8,9). The molecule has 5 nitrogen and oxygen atoms in total. The molecule has 0 saturated carbocycles. The molecule has 1 aliphatic rings. The maximum Gasteiger partial charge on any atom is 0.311 e. The van der Waals surface area contributed by atoms with Crippen LogP contribution in [-0.2, 0) is 19.6 Å². The molecule has 1 aromatic carbocycles. The summed E-state index contributed by atoms with van der Waals surface area (Å²) in [6, 6.07) is 7.42. The monoisotopic (exact) mass is 394 g/mol. The number of unbranched alkanes of at least 4 members (excludes halogenated alkanes) is 2. The Labute approximate surface area is 162 Å². The van der Waals surface area contributed by atoms with Gasteiger partial charge in [-0.25, -0.2) is 0 Å². The zero-order valence-corrected chi connectivity index (χ0v) is 17.4. The molecule has 150 valence electrons. The fraction of sp³-hybridized carbons (Fsp3) is 0.476. The van der Waals surface area contributed by atoms with Crippen LogP contribution in [0.3, 0.4) is 0 Å². The summed E-state index contributed by atoms with van der Waals surface area (Å²) in [6.07, 6.45) is 8.73. The summed E-state index contributed by atoms with van der Waals surface area (Å²) in [5, 5.41) is 0. The molecular formula is C21H30O5S. The number of rotatable bonds is 6. The smallest absolute Gasteiger partial charge is 0.311 e. The zero-order chi connectivity index (χ0) is 20.5. The van der Waals surface area contributed by atoms with Crippen molar-refractivity contribution in [3.8, 4) is 0 Å². The van der Waals surface area contributed by atoms with Gasteiger partial charge in [0.05, 0.1) is 4.90 Å². The Kier molecular flexibility index (Phi) is 8.93. The quantitative estimate of drug-likeness (QED) is 0.402. The number of carbonyl (C=O) groups is 1. The molecule has 2 rings (SSSR count). The van der Waals surface area contributed by atoms with Crippen LogP contribution in [0.1, 0.15) is 59.8 Å². The van der Waals surface area contributed by atoms with Gasteiger partial charge in [0.2, 0.25) is 0 Å². The highest BCUT2D eigenvalue weighted by Crippen LogP contribution is 2.33. The van der Waals surface area contributed by atoms with Crippen molar-refractivity contribution >= 4 is 16.1 Å². The van der Waals surface area contributed by atoms with Crippen LogP contribution in [-0.4, -0.2) is 18.9 Å². The largest absolute Gasteiger partial charge is 0.427 e. The lowest BCUT2D eigenvalue weighted by atomic mass is 9.82. The van der Waals surface area contributed by atoms with E-state index in [1.165, 1.54) is 17.7 Å². The minimum absolute atomic E-state index is 0.0741. The molecule has 0 unspecified atom stereocenters. The van der Waals surface area contributed by atoms with Crippen LogP contribution in [0.2, 0.25) is 0 Å². The van der Waals surface area contributed by atoms with Gasteiger partial charge >= 0.3 is 5.97 Å². The molecule has 0 heterocycles. The van der Waals surface area contributed by atoms with Gasteiger partial charge < -0.3 is 4.74 Å². The molecule has 1 aromatic rings. The van der Waals surface area contributed by atoms with Crippen molar-refractivity contribution in [2.75, 3.05) is 0 Å². The maximum absolute atomic E-state index is 11.6. The normalized spacial score (nSPS) is 15.7. The average Bonchev–Trinajstić information content (AvgIpc) is 2.54. The molecule has 0 bridgehead atoms. The lowest BCUT2D eigenvalue weighted by Gasteiger charge is -2.25. The fourth-order valence-electron chi connectivity index (χ4n) is 2.84. The van der Waals surface area contributed by atoms with E-state index in [9.17, 15) is 13.2 Å². The molecule has 1 aliphatic carbocycles. The first-order valence-electron chi connectivity index (χ1n) is 9.17. The SMILES string of the molecule is CCCCCC(=O)OC1=CC(C)(C)CC(C)=C1.O=S(=O)(O)c1ccccc1. The Morgan fingerprint density at radius 3 is 2.30 bits per heavy atom. The van der Waals surface area contributed by atoms with Crippen LogP contribution in [0.5, 0.6) is 0 Å². The fourth-order valence-corrected chi connectivity index (χ4v) is 3.34. The minimum Gasteiger partial charge on any atom is -0.427 e. The first kappa shape index (κ1) is 23.1. The maximum atomic E-state index is 11.6. The molecule has 0 fully saturated rings. The van der Waals surface area contributed by atoms with E-state index in [2.05, 4.69) is 33.8 Å². The van der Waals surface area contributed by atoms with Gasteiger partial charge in [0.15, 0.2) is 0 Å². The molecule has 0 spiro atoms. The number of esters is 1. The molecular weight excluding hydrogens is 364 g/mol. The van der Waals surface area contributed by atoms with Gasteiger partial charge in [0.25, 0.3) is 10.1 Å². The Morgan fingerprint density at radius 2 is 1.81 bits per heavy atom. The highest BCUT2D eigenvalue weighted by atomic mass is 32.2. The van der Waals surface area contributed by atoms with Crippen LogP contribution in [0.25, 0.3) is 0 Å². The van der Waals surface area contributed by atoms with Crippen molar-refractivity contribution in [2.24, 2.45) is 5.41 Å². The number of hydrogen-bond acceptors (Lipinski definition) is 4. The molecule has 6 heteroatoms. The first-order chi connectivity index (χ1) is 12.5. The Balaban J connectivity index is 0.000000309. The van der Waals surface area contributed by atoms with Crippen molar-refractivity contribution in [1.29, 1.82) is 0 Å². The summed E-state index contributed by atoms with van der Waals surface area (Å²) in [4.78, 5) is 11.5. The van der Waals surface area contributed by atoms with E-state index < -0.39 is 10.1 Å². The van der Waals surface area contributed by atoms with Gasteiger partial charge in [-0.15, -0.1) is 0 Å². The van der Waals surface area contributed by atoms with Crippen molar-refractivity contribution in [1.82, 2.24) is 0 Å². The number of hydrogen-bond donors (Lipinski definition) is 1. The molecule has 0 saturated heterocycles. The number of ether oxygens (including phenoxy) is 1. The lowest BCUT2D eigenvalue weighted by Crippen LogP contribution is -2.15. The van der Waals surface area contributed by atoms with Crippen LogP contribution >= 0.6 is 0 Å². The van der Waals surface area contributed by atoms with Crippen molar-refractivity contribution in [3.05, 3.63) is 53.8 Å². The Morgan fingerprint density at radius 1 is 1.19 bits per heavy atom. The van der Waals surface area contributed by atoms with Crippen LogP contribution in [0.4, 0.5) is 0 Å². The third-order valence-electron chi connectivity index (χ3n) is 3.91. The lowest BCUT2D eigenvalue weighted by molar-refractivity contribution is -0.139. The third-order valence-corrected chi connectivity index (χ3v) is 4.78. The molecule has 0 radical (unpaired) electrons. The summed E-state index contributed by atoms with van der Waals surface area (Å²) in [7, 11) is -4.00. The molecule has 0 aromatic heterocycles. The number of carbonyl (C=O) groups excluding carboxylic acids is 1. The Hall–Kier alpha value is -1.92. The van der Waals surface area contributed by atoms with E-state index in [1.807, 2.05) is 6.08 Å². The van der Waals surface area contributed by atoms with Crippen molar-refractivity contribution in [2.45, 2.75) is 64.7 Å². The first-order valence-corrected chi connectivity index (χ1v) is 10.6. The average molecular weight is 395 g/mol. The summed E-state index contributed by atoms with van der Waals surface area (Å²) < 4.78 is 34.6. The zero-order valence-electron chi connectivity index (χ0n) is 16.6. The topological polar surface area (TPSA) is 80.7 Å². The van der Waals surface area contributed by atoms with E-state index in [0.29, 0.717) is 6.42 Å². The van der Waals surface area contributed by atoms with Gasteiger partial charge in [-0.3, -0.25) is 9.35 Å². The predicted octanol–water partition coefficient (Wildman–Crippen LogP) is 5.30. The van der Waals surface area contributed by atoms with Crippen molar-refractivity contribution < 1.29 is 22.5 Å². The second kappa shape index (κ2) is 10.4. The van der Waals surface area contributed by atoms with E-state index >= 15 is 0 Å². The summed E-state index contributed by atoms with van der Waals surface area (Å²) >= 11 is 0. The molecule has 1 N–H and O–H groups in total. The minimum atomic E-state index is -4.00. The third kappa shape index (κ3) is 9.54. The van der Waals surface area contributed by atoms with Crippen molar-refractivity contribution in [3.63, 3.8) is 0 Å². The summed E-state index contributed by atoms with van der Waals surface area (Å²) in [6.45, 7) is 8.53. The number of allylic oxidation sites excluding steroid dienone is 3. The van der Waals surface area contributed by atoms with E-state index in [1.54, 1.807) is 18.2 Å². The van der Waals surface area contributed by atoms with Gasteiger partial charge in [-0.2, -0.15) is 8.42 Å². The number of benzene rings is 1. The Bertz CT molecular complexity index is 774. The highest BCUT2D eigenvalue weighted by molar-refractivity contribution is 7.85. The van der Waals surface area contributed by atoms with Gasteiger partial charge in [0, 0.05) is 6.42 Å². The van der Waals surface area contributed by atoms with E-state index in [-0.39, 0.29) is 16.3 Å². The van der Waals surface area contributed by atoms with Crippen LogP contribution < -0.4 is 0 Å². The van der Waals surface area contributed by atoms with Crippen LogP contribution in [0.15, 0.2) is 58.7 Å². The van der Waals surface area contributed by atoms with Gasteiger partial charge in [-0.1, -0.05) is 57.4 Å². The molecule has 0 atom stereocenters. The summed E-state index contributed by atoms with van der Waals surface area (Å²) in [5.74, 6) is 0.617. The second-order valence-electron chi connectivity index (χ2n) is 7.42. The predicted molar refractivity (Wildman–Crippen MR) is 107 cm³/mol. The van der Waals surface area contributed by atoms with Gasteiger partial charge in [0.1, 0.15) is 5.76 Å². The van der Waals surface area contributed by atoms with Gasteiger partial charge in [-0.05, 0) is 49.5 Å². The molecule has 0 amide bonds. The second-order valence-corrected chi connectivity index (χ2v) is 8.84. The summed E-state index contributed by atoms with van der Waals surface area (Å²) in [5.41, 5.74) is 1.37. The molecule has 27 heavy (non-hydrogen) atoms. The van der Waals surface area contributed by atoms with E-state index in [4.69, 9.17) is 9.29 Å².